The van der Waals surface area contributed by atoms with Crippen LogP contribution >= 0.6 is 15.9 Å². The van der Waals surface area contributed by atoms with Crippen molar-refractivity contribution in [1.82, 2.24) is 4.57 Å². The number of hydrogen-bond donors (Lipinski definition) is 0. The van der Waals surface area contributed by atoms with E-state index in [0.29, 0.717) is 0 Å². The van der Waals surface area contributed by atoms with Crippen LogP contribution in [0.4, 0.5) is 0 Å². The summed E-state index contributed by atoms with van der Waals surface area (Å²) in [6, 6.07) is 24.2. The second-order valence-electron chi connectivity index (χ2n) is 7.44. The van der Waals surface area contributed by atoms with E-state index in [1.807, 2.05) is 0 Å². The van der Waals surface area contributed by atoms with Gasteiger partial charge in [0.15, 0.2) is 0 Å². The zero-order valence-corrected chi connectivity index (χ0v) is 16.8. The van der Waals surface area contributed by atoms with Crippen LogP contribution in [0.25, 0.3) is 32.9 Å². The van der Waals surface area contributed by atoms with Crippen LogP contribution in [0.5, 0.6) is 0 Å². The highest BCUT2D eigenvalue weighted by Gasteiger charge is 2.27. The number of benzene rings is 3. The van der Waals surface area contributed by atoms with Gasteiger partial charge in [0.1, 0.15) is 0 Å². The van der Waals surface area contributed by atoms with E-state index in [4.69, 9.17) is 0 Å². The average Bonchev–Trinajstić information content (AvgIpc) is 3.04. The van der Waals surface area contributed by atoms with Gasteiger partial charge in [0.05, 0.1) is 5.54 Å². The van der Waals surface area contributed by atoms with E-state index in [1.165, 1.54) is 32.9 Å². The third-order valence-corrected chi connectivity index (χ3v) is 6.12. The number of fused-ring (bicyclic) bond motifs is 3. The van der Waals surface area contributed by atoms with E-state index in [0.717, 1.165) is 10.9 Å². The molecule has 0 bridgehead atoms. The molecule has 1 nitrogen and oxygen atoms in total. The molecule has 0 N–H and O–H groups in total. The fraction of sp³-hybridized carbons (Fsp3) is 0.120. The number of rotatable bonds is 2. The fourth-order valence-electron chi connectivity index (χ4n) is 4.23. The summed E-state index contributed by atoms with van der Waals surface area (Å²) in [5.41, 5.74) is 5.03. The van der Waals surface area contributed by atoms with Gasteiger partial charge in [-0.2, -0.15) is 0 Å². The number of hydrogen-bond acceptors (Lipinski definition) is 0. The molecule has 5 rings (SSSR count). The lowest BCUT2D eigenvalue weighted by Gasteiger charge is -2.31. The molecular formula is C25H20BrN. The number of para-hydroxylation sites is 1. The van der Waals surface area contributed by atoms with E-state index in [2.05, 4.69) is 118 Å². The molecule has 1 aromatic heterocycles. The Morgan fingerprint density at radius 1 is 0.815 bits per heavy atom. The van der Waals surface area contributed by atoms with Crippen molar-refractivity contribution in [2.45, 2.75) is 18.9 Å². The maximum Gasteiger partial charge on any atom is 0.0643 e. The van der Waals surface area contributed by atoms with Crippen LogP contribution in [0.15, 0.2) is 95.5 Å². The first-order chi connectivity index (χ1) is 13.2. The summed E-state index contributed by atoms with van der Waals surface area (Å²) in [6.07, 6.45) is 9.89. The van der Waals surface area contributed by atoms with Gasteiger partial charge in [-0.15, -0.1) is 0 Å². The lowest BCUT2D eigenvalue weighted by Crippen LogP contribution is -2.27. The average molecular weight is 414 g/mol. The number of nitrogens with zero attached hydrogens (tertiary/aromatic N) is 1. The van der Waals surface area contributed by atoms with Gasteiger partial charge in [0, 0.05) is 26.3 Å². The Morgan fingerprint density at radius 2 is 1.56 bits per heavy atom. The Labute approximate surface area is 167 Å². The minimum atomic E-state index is -0.0464. The highest BCUT2D eigenvalue weighted by atomic mass is 79.9. The van der Waals surface area contributed by atoms with Crippen molar-refractivity contribution in [3.05, 3.63) is 95.5 Å². The van der Waals surface area contributed by atoms with Gasteiger partial charge in [0.2, 0.25) is 0 Å². The third-order valence-electron chi connectivity index (χ3n) is 5.59. The Kier molecular flexibility index (Phi) is 3.84. The van der Waals surface area contributed by atoms with Gasteiger partial charge in [0.25, 0.3) is 0 Å². The molecule has 1 heterocycles. The first-order valence-electron chi connectivity index (χ1n) is 9.30. The minimum Gasteiger partial charge on any atom is -0.331 e. The van der Waals surface area contributed by atoms with E-state index >= 15 is 0 Å². The van der Waals surface area contributed by atoms with Crippen molar-refractivity contribution in [2.75, 3.05) is 0 Å². The summed E-state index contributed by atoms with van der Waals surface area (Å²) >= 11 is 3.53. The topological polar surface area (TPSA) is 4.93 Å². The predicted molar refractivity (Wildman–Crippen MR) is 119 cm³/mol. The SMILES string of the molecule is CC1(n2c3ccccc3c3cc(-c4ccc(Br)cc4)ccc32)C=CC=CC1. The highest BCUT2D eigenvalue weighted by molar-refractivity contribution is 9.10. The molecule has 1 atom stereocenters. The summed E-state index contributed by atoms with van der Waals surface area (Å²) in [7, 11) is 0. The molecule has 0 saturated heterocycles. The highest BCUT2D eigenvalue weighted by Crippen LogP contribution is 2.39. The van der Waals surface area contributed by atoms with Crippen LogP contribution in [-0.4, -0.2) is 4.57 Å². The molecule has 0 radical (unpaired) electrons. The molecule has 1 aliphatic carbocycles. The Balaban J connectivity index is 1.79. The molecule has 132 valence electrons. The van der Waals surface area contributed by atoms with Crippen molar-refractivity contribution >= 4 is 37.7 Å². The fourth-order valence-corrected chi connectivity index (χ4v) is 4.49. The first kappa shape index (κ1) is 16.6. The summed E-state index contributed by atoms with van der Waals surface area (Å²) in [5, 5.41) is 2.63. The van der Waals surface area contributed by atoms with Crippen LogP contribution in [0.3, 0.4) is 0 Å². The largest absolute Gasteiger partial charge is 0.331 e. The first-order valence-corrected chi connectivity index (χ1v) is 10.1. The number of allylic oxidation sites excluding steroid dienone is 4. The Hall–Kier alpha value is -2.58. The quantitative estimate of drug-likeness (QED) is 0.321. The van der Waals surface area contributed by atoms with E-state index < -0.39 is 0 Å². The number of halogens is 1. The lowest BCUT2D eigenvalue weighted by molar-refractivity contribution is 0.437. The molecule has 2 heteroatoms. The molecule has 0 saturated carbocycles. The Morgan fingerprint density at radius 3 is 2.33 bits per heavy atom. The standard InChI is InChI=1S/C25H20BrN/c1-25(15-5-2-6-16-25)27-23-8-4-3-7-21(23)22-17-19(11-14-24(22)27)18-9-12-20(26)13-10-18/h2-15,17H,16H2,1H3. The van der Waals surface area contributed by atoms with Crippen molar-refractivity contribution < 1.29 is 0 Å². The molecule has 4 aromatic rings. The van der Waals surface area contributed by atoms with Crippen LogP contribution in [0.1, 0.15) is 13.3 Å². The van der Waals surface area contributed by atoms with Crippen LogP contribution in [0.2, 0.25) is 0 Å². The molecular weight excluding hydrogens is 394 g/mol. The zero-order chi connectivity index (χ0) is 18.4. The smallest absolute Gasteiger partial charge is 0.0643 e. The lowest BCUT2D eigenvalue weighted by atomic mass is 9.92. The van der Waals surface area contributed by atoms with Crippen LogP contribution < -0.4 is 0 Å². The number of aromatic nitrogens is 1. The van der Waals surface area contributed by atoms with Crippen molar-refractivity contribution in [3.63, 3.8) is 0 Å². The molecule has 0 spiro atoms. The van der Waals surface area contributed by atoms with Crippen LogP contribution in [-0.2, 0) is 5.54 Å². The molecule has 3 aromatic carbocycles. The second kappa shape index (κ2) is 6.24. The Bertz CT molecular complexity index is 1210. The monoisotopic (exact) mass is 413 g/mol. The normalized spacial score (nSPS) is 19.2. The maximum atomic E-state index is 3.53. The second-order valence-corrected chi connectivity index (χ2v) is 8.36. The van der Waals surface area contributed by atoms with E-state index in [1.54, 1.807) is 0 Å². The molecule has 0 amide bonds. The zero-order valence-electron chi connectivity index (χ0n) is 15.2. The van der Waals surface area contributed by atoms with Gasteiger partial charge in [-0.05, 0) is 54.8 Å². The summed E-state index contributed by atoms with van der Waals surface area (Å²) in [4.78, 5) is 0. The van der Waals surface area contributed by atoms with Gasteiger partial charge in [-0.1, -0.05) is 76.6 Å². The summed E-state index contributed by atoms with van der Waals surface area (Å²) in [6.45, 7) is 2.32. The van der Waals surface area contributed by atoms with Gasteiger partial charge >= 0.3 is 0 Å². The van der Waals surface area contributed by atoms with Gasteiger partial charge < -0.3 is 4.57 Å². The van der Waals surface area contributed by atoms with Gasteiger partial charge in [-0.3, -0.25) is 0 Å². The molecule has 0 fully saturated rings. The van der Waals surface area contributed by atoms with Crippen molar-refractivity contribution in [2.24, 2.45) is 0 Å². The molecule has 1 unspecified atom stereocenters. The summed E-state index contributed by atoms with van der Waals surface area (Å²) < 4.78 is 3.61. The van der Waals surface area contributed by atoms with Crippen LogP contribution in [0, 0.1) is 0 Å². The van der Waals surface area contributed by atoms with Crippen molar-refractivity contribution in [1.29, 1.82) is 0 Å². The van der Waals surface area contributed by atoms with E-state index in [9.17, 15) is 0 Å². The molecule has 1 aliphatic rings. The van der Waals surface area contributed by atoms with E-state index in [-0.39, 0.29) is 5.54 Å². The van der Waals surface area contributed by atoms with Gasteiger partial charge in [-0.25, -0.2) is 0 Å². The molecule has 27 heavy (non-hydrogen) atoms. The summed E-state index contributed by atoms with van der Waals surface area (Å²) in [5.74, 6) is 0. The minimum absolute atomic E-state index is 0.0464. The van der Waals surface area contributed by atoms with Crippen molar-refractivity contribution in [3.8, 4) is 11.1 Å². The predicted octanol–water partition coefficient (Wildman–Crippen LogP) is 7.46. The maximum absolute atomic E-state index is 3.53. The third kappa shape index (κ3) is 2.67. The molecule has 0 aliphatic heterocycles.